The molecule has 0 spiro atoms. The molecule has 38 heavy (non-hydrogen) atoms. The van der Waals surface area contributed by atoms with E-state index in [0.717, 1.165) is 47.0 Å². The number of hydrogen-bond donors (Lipinski definition) is 2. The number of nitrogens with zero attached hydrogens (tertiary/aromatic N) is 2. The molecule has 1 aromatic heterocycles. The molecule has 5 rings (SSSR count). The Hall–Kier alpha value is -3.89. The Labute approximate surface area is 221 Å². The van der Waals surface area contributed by atoms with E-state index < -0.39 is 14.9 Å². The molecule has 2 heterocycles. The first kappa shape index (κ1) is 25.7. The summed E-state index contributed by atoms with van der Waals surface area (Å²) in [6.07, 6.45) is 4.54. The van der Waals surface area contributed by atoms with E-state index in [0.29, 0.717) is 19.6 Å². The monoisotopic (exact) mass is 534 g/mol. The molecule has 9 nitrogen and oxygen atoms in total. The number of aromatic nitrogens is 1. The first-order valence-electron chi connectivity index (χ1n) is 12.6. The first-order chi connectivity index (χ1) is 18.4. The predicted molar refractivity (Wildman–Crippen MR) is 147 cm³/mol. The number of rotatable bonds is 9. The second kappa shape index (κ2) is 10.8. The summed E-state index contributed by atoms with van der Waals surface area (Å²) < 4.78 is 33.0. The number of para-hydroxylation sites is 1. The lowest BCUT2D eigenvalue weighted by molar-refractivity contribution is -0.384. The minimum absolute atomic E-state index is 0.0556. The summed E-state index contributed by atoms with van der Waals surface area (Å²) >= 11 is 0. The Bertz CT molecular complexity index is 1540. The number of benzene rings is 3. The Balaban J connectivity index is 1.47. The van der Waals surface area contributed by atoms with E-state index in [2.05, 4.69) is 10.3 Å². The molecule has 4 aromatic rings. The minimum atomic E-state index is -3.79. The number of H-pyrrole nitrogens is 1. The molecular formula is C28H30N4O5S. The van der Waals surface area contributed by atoms with E-state index in [-0.39, 0.29) is 22.2 Å². The summed E-state index contributed by atoms with van der Waals surface area (Å²) in [6.45, 7) is 1.22. The van der Waals surface area contributed by atoms with E-state index in [1.165, 1.54) is 22.5 Å². The third-order valence-corrected chi connectivity index (χ3v) is 9.02. The third-order valence-electron chi connectivity index (χ3n) is 7.13. The molecule has 0 aliphatic carbocycles. The van der Waals surface area contributed by atoms with Crippen LogP contribution in [0.1, 0.15) is 36.3 Å². The van der Waals surface area contributed by atoms with Gasteiger partial charge in [-0.05, 0) is 54.3 Å². The number of hydrogen-bond acceptors (Lipinski definition) is 6. The smallest absolute Gasteiger partial charge is 0.293 e. The van der Waals surface area contributed by atoms with Gasteiger partial charge in [0.15, 0.2) is 0 Å². The van der Waals surface area contributed by atoms with E-state index >= 15 is 0 Å². The Morgan fingerprint density at radius 1 is 1.05 bits per heavy atom. The number of fused-ring (bicyclic) bond motifs is 1. The maximum Gasteiger partial charge on any atom is 0.293 e. The van der Waals surface area contributed by atoms with Crippen molar-refractivity contribution in [1.29, 1.82) is 0 Å². The number of nitro groups is 1. The lowest BCUT2D eigenvalue weighted by Crippen LogP contribution is -2.35. The zero-order chi connectivity index (χ0) is 26.7. The van der Waals surface area contributed by atoms with Crippen molar-refractivity contribution >= 4 is 32.3 Å². The first-order valence-corrected chi connectivity index (χ1v) is 14.0. The van der Waals surface area contributed by atoms with Gasteiger partial charge in [0.05, 0.1) is 16.9 Å². The summed E-state index contributed by atoms with van der Waals surface area (Å²) in [5.41, 5.74) is 3.06. The summed E-state index contributed by atoms with van der Waals surface area (Å²) in [5, 5.41) is 16.3. The molecule has 1 aliphatic rings. The largest absolute Gasteiger partial charge is 0.497 e. The van der Waals surface area contributed by atoms with Crippen molar-refractivity contribution in [2.24, 2.45) is 0 Å². The van der Waals surface area contributed by atoms with Gasteiger partial charge in [0.1, 0.15) is 11.4 Å². The Morgan fingerprint density at radius 3 is 2.50 bits per heavy atom. The number of aromatic amines is 1. The number of methoxy groups -OCH3 is 1. The van der Waals surface area contributed by atoms with Crippen molar-refractivity contribution in [2.75, 3.05) is 32.1 Å². The molecule has 3 aromatic carbocycles. The molecule has 0 amide bonds. The number of nitro benzene ring substituents is 1. The van der Waals surface area contributed by atoms with Crippen LogP contribution < -0.4 is 10.1 Å². The van der Waals surface area contributed by atoms with Gasteiger partial charge < -0.3 is 15.0 Å². The van der Waals surface area contributed by atoms with Crippen molar-refractivity contribution in [3.8, 4) is 5.75 Å². The molecule has 0 bridgehead atoms. The fourth-order valence-electron chi connectivity index (χ4n) is 5.06. The summed E-state index contributed by atoms with van der Waals surface area (Å²) in [6, 6.07) is 19.8. The quantitative estimate of drug-likeness (QED) is 0.216. The Kier molecular flexibility index (Phi) is 7.35. The average Bonchev–Trinajstić information content (AvgIpc) is 3.38. The van der Waals surface area contributed by atoms with Crippen LogP contribution in [-0.2, 0) is 10.0 Å². The highest BCUT2D eigenvalue weighted by molar-refractivity contribution is 7.89. The maximum atomic E-state index is 13.1. The van der Waals surface area contributed by atoms with Crippen LogP contribution in [0, 0.1) is 10.1 Å². The molecule has 1 unspecified atom stereocenters. The van der Waals surface area contributed by atoms with Crippen LogP contribution in [0.25, 0.3) is 10.9 Å². The highest BCUT2D eigenvalue weighted by Crippen LogP contribution is 2.34. The van der Waals surface area contributed by atoms with Gasteiger partial charge in [-0.1, -0.05) is 36.8 Å². The van der Waals surface area contributed by atoms with Crippen molar-refractivity contribution in [2.45, 2.75) is 30.1 Å². The van der Waals surface area contributed by atoms with Gasteiger partial charge in [-0.15, -0.1) is 0 Å². The number of piperidine rings is 1. The van der Waals surface area contributed by atoms with Crippen molar-refractivity contribution < 1.29 is 18.1 Å². The zero-order valence-electron chi connectivity index (χ0n) is 21.1. The molecule has 0 radical (unpaired) electrons. The minimum Gasteiger partial charge on any atom is -0.497 e. The standard InChI is InChI=1S/C28H30N4O5S/c1-37-21-11-9-20(10-12-21)24(25-19-29-26-8-4-3-7-23(25)26)18-30-27-14-13-22(17-28(27)32(33)34)38(35,36)31-15-5-2-6-16-31/h3-4,7-14,17,19,24,29-30H,2,5-6,15-16,18H2,1H3. The number of ether oxygens (including phenoxy) is 1. The normalized spacial score (nSPS) is 15.3. The lowest BCUT2D eigenvalue weighted by atomic mass is 9.90. The summed E-state index contributed by atoms with van der Waals surface area (Å²) in [5.74, 6) is 0.592. The predicted octanol–water partition coefficient (Wildman–Crippen LogP) is 5.50. The molecule has 0 saturated carbocycles. The van der Waals surface area contributed by atoms with Gasteiger partial charge in [-0.25, -0.2) is 8.42 Å². The van der Waals surface area contributed by atoms with Crippen LogP contribution in [0.3, 0.4) is 0 Å². The third kappa shape index (κ3) is 5.09. The maximum absolute atomic E-state index is 13.1. The van der Waals surface area contributed by atoms with Crippen LogP contribution in [0.5, 0.6) is 5.75 Å². The fourth-order valence-corrected chi connectivity index (χ4v) is 6.60. The lowest BCUT2D eigenvalue weighted by Gasteiger charge is -2.26. The van der Waals surface area contributed by atoms with Crippen LogP contribution >= 0.6 is 0 Å². The van der Waals surface area contributed by atoms with Gasteiger partial charge in [-0.2, -0.15) is 4.31 Å². The van der Waals surface area contributed by atoms with E-state index in [1.807, 2.05) is 54.7 Å². The van der Waals surface area contributed by atoms with E-state index in [4.69, 9.17) is 4.74 Å². The van der Waals surface area contributed by atoms with Crippen molar-refractivity contribution in [1.82, 2.24) is 9.29 Å². The molecular weight excluding hydrogens is 504 g/mol. The molecule has 198 valence electrons. The molecule has 1 fully saturated rings. The molecule has 1 saturated heterocycles. The zero-order valence-corrected chi connectivity index (χ0v) is 21.9. The second-order valence-corrected chi connectivity index (χ2v) is 11.3. The van der Waals surface area contributed by atoms with Crippen molar-refractivity contribution in [3.05, 3.63) is 94.2 Å². The molecule has 1 aliphatic heterocycles. The van der Waals surface area contributed by atoms with Crippen LogP contribution in [-0.4, -0.2) is 49.4 Å². The fraction of sp³-hybridized carbons (Fsp3) is 0.286. The van der Waals surface area contributed by atoms with Crippen LogP contribution in [0.15, 0.2) is 77.8 Å². The van der Waals surface area contributed by atoms with E-state index in [9.17, 15) is 18.5 Å². The highest BCUT2D eigenvalue weighted by Gasteiger charge is 2.29. The van der Waals surface area contributed by atoms with Gasteiger partial charge >= 0.3 is 0 Å². The van der Waals surface area contributed by atoms with Gasteiger partial charge in [0.25, 0.3) is 5.69 Å². The van der Waals surface area contributed by atoms with Gasteiger partial charge in [0.2, 0.25) is 10.0 Å². The number of nitrogens with one attached hydrogen (secondary N) is 2. The SMILES string of the molecule is COc1ccc(C(CNc2ccc(S(=O)(=O)N3CCCCC3)cc2[N+](=O)[O-])c2c[nH]c3ccccc23)cc1. The molecule has 10 heteroatoms. The summed E-state index contributed by atoms with van der Waals surface area (Å²) in [7, 11) is -2.18. The second-order valence-electron chi connectivity index (χ2n) is 9.40. The number of sulfonamides is 1. The van der Waals surface area contributed by atoms with E-state index in [1.54, 1.807) is 7.11 Å². The summed E-state index contributed by atoms with van der Waals surface area (Å²) in [4.78, 5) is 14.7. The van der Waals surface area contributed by atoms with Crippen molar-refractivity contribution in [3.63, 3.8) is 0 Å². The molecule has 2 N–H and O–H groups in total. The van der Waals surface area contributed by atoms with Crippen LogP contribution in [0.4, 0.5) is 11.4 Å². The highest BCUT2D eigenvalue weighted by atomic mass is 32.2. The number of anilines is 1. The van der Waals surface area contributed by atoms with Gasteiger partial charge in [0, 0.05) is 48.7 Å². The molecule has 1 atom stereocenters. The van der Waals surface area contributed by atoms with Crippen LogP contribution in [0.2, 0.25) is 0 Å². The topological polar surface area (TPSA) is 118 Å². The van der Waals surface area contributed by atoms with Gasteiger partial charge in [-0.3, -0.25) is 10.1 Å². The average molecular weight is 535 g/mol. The Morgan fingerprint density at radius 2 is 1.79 bits per heavy atom.